The van der Waals surface area contributed by atoms with Gasteiger partial charge in [-0.3, -0.25) is 4.98 Å². The van der Waals surface area contributed by atoms with Gasteiger partial charge in [0, 0.05) is 34.5 Å². The quantitative estimate of drug-likeness (QED) is 0.904. The molecule has 1 aromatic heterocycles. The highest BCUT2D eigenvalue weighted by Gasteiger charge is 2.06. The first-order valence-electron chi connectivity index (χ1n) is 5.74. The van der Waals surface area contributed by atoms with Crippen molar-refractivity contribution in [3.8, 4) is 0 Å². The fourth-order valence-electron chi connectivity index (χ4n) is 1.69. The standard InChI is InChI=1S/C14H14BrClN2/c1-10(11-3-2-6-17-8-11)18-9-12-7-13(16)4-5-14(12)15/h2-8,10,18H,9H2,1H3/t10-/m1/s1. The van der Waals surface area contributed by atoms with Gasteiger partial charge in [0.2, 0.25) is 0 Å². The molecular weight excluding hydrogens is 312 g/mol. The minimum atomic E-state index is 0.254. The third-order valence-electron chi connectivity index (χ3n) is 2.79. The van der Waals surface area contributed by atoms with Crippen LogP contribution >= 0.6 is 27.5 Å². The first kappa shape index (κ1) is 13.5. The minimum Gasteiger partial charge on any atom is -0.306 e. The van der Waals surface area contributed by atoms with Gasteiger partial charge >= 0.3 is 0 Å². The zero-order valence-corrected chi connectivity index (χ0v) is 12.4. The van der Waals surface area contributed by atoms with Gasteiger partial charge in [0.1, 0.15) is 0 Å². The molecule has 0 radical (unpaired) electrons. The van der Waals surface area contributed by atoms with Gasteiger partial charge in [0.15, 0.2) is 0 Å². The molecule has 0 aliphatic rings. The molecule has 2 nitrogen and oxygen atoms in total. The molecule has 1 aromatic carbocycles. The number of aromatic nitrogens is 1. The molecular formula is C14H14BrClN2. The van der Waals surface area contributed by atoms with Crippen LogP contribution in [0.15, 0.2) is 47.2 Å². The summed E-state index contributed by atoms with van der Waals surface area (Å²) < 4.78 is 1.07. The summed E-state index contributed by atoms with van der Waals surface area (Å²) in [5.74, 6) is 0. The maximum absolute atomic E-state index is 5.99. The van der Waals surface area contributed by atoms with Gasteiger partial charge in [-0.2, -0.15) is 0 Å². The monoisotopic (exact) mass is 324 g/mol. The lowest BCUT2D eigenvalue weighted by molar-refractivity contribution is 0.572. The molecule has 0 spiro atoms. The number of rotatable bonds is 4. The van der Waals surface area contributed by atoms with Crippen LogP contribution in [0.25, 0.3) is 0 Å². The Bertz CT molecular complexity index is 516. The second kappa shape index (κ2) is 6.32. The van der Waals surface area contributed by atoms with Gasteiger partial charge in [0.05, 0.1) is 0 Å². The molecule has 1 N–H and O–H groups in total. The highest BCUT2D eigenvalue weighted by molar-refractivity contribution is 9.10. The normalized spacial score (nSPS) is 12.4. The SMILES string of the molecule is C[C@@H](NCc1cc(Cl)ccc1Br)c1cccnc1. The number of hydrogen-bond acceptors (Lipinski definition) is 2. The van der Waals surface area contributed by atoms with E-state index in [2.05, 4.69) is 39.2 Å². The van der Waals surface area contributed by atoms with Crippen LogP contribution < -0.4 is 5.32 Å². The number of hydrogen-bond donors (Lipinski definition) is 1. The summed E-state index contributed by atoms with van der Waals surface area (Å²) in [5, 5.41) is 4.21. The molecule has 2 rings (SSSR count). The zero-order valence-electron chi connectivity index (χ0n) is 10.0. The summed E-state index contributed by atoms with van der Waals surface area (Å²) in [5.41, 5.74) is 2.33. The third kappa shape index (κ3) is 3.55. The highest BCUT2D eigenvalue weighted by atomic mass is 79.9. The Kier molecular flexibility index (Phi) is 4.75. The minimum absolute atomic E-state index is 0.254. The van der Waals surface area contributed by atoms with E-state index in [1.807, 2.05) is 30.5 Å². The van der Waals surface area contributed by atoms with Crippen LogP contribution in [0.2, 0.25) is 5.02 Å². The lowest BCUT2D eigenvalue weighted by Gasteiger charge is -2.14. The summed E-state index contributed by atoms with van der Waals surface area (Å²) in [6.45, 7) is 2.88. The van der Waals surface area contributed by atoms with E-state index in [9.17, 15) is 0 Å². The summed E-state index contributed by atoms with van der Waals surface area (Å²) in [7, 11) is 0. The van der Waals surface area contributed by atoms with Gasteiger partial charge in [0.25, 0.3) is 0 Å². The lowest BCUT2D eigenvalue weighted by atomic mass is 10.1. The molecule has 1 heterocycles. The fraction of sp³-hybridized carbons (Fsp3) is 0.214. The van der Waals surface area contributed by atoms with Crippen LogP contribution in [0, 0.1) is 0 Å². The second-order valence-electron chi connectivity index (χ2n) is 4.12. The number of halogens is 2. The lowest BCUT2D eigenvalue weighted by Crippen LogP contribution is -2.18. The number of nitrogens with one attached hydrogen (secondary N) is 1. The predicted molar refractivity (Wildman–Crippen MR) is 78.6 cm³/mol. The van der Waals surface area contributed by atoms with Crippen LogP contribution in [0.4, 0.5) is 0 Å². The highest BCUT2D eigenvalue weighted by Crippen LogP contribution is 2.22. The van der Waals surface area contributed by atoms with E-state index in [1.54, 1.807) is 6.20 Å². The molecule has 94 valence electrons. The Labute approximate surface area is 121 Å². The van der Waals surface area contributed by atoms with Crippen molar-refractivity contribution in [2.45, 2.75) is 19.5 Å². The van der Waals surface area contributed by atoms with Crippen LogP contribution in [-0.4, -0.2) is 4.98 Å². The predicted octanol–water partition coefficient (Wildman–Crippen LogP) is 4.35. The number of pyridine rings is 1. The molecule has 1 atom stereocenters. The Morgan fingerprint density at radius 3 is 2.94 bits per heavy atom. The van der Waals surface area contributed by atoms with E-state index < -0.39 is 0 Å². The first-order chi connectivity index (χ1) is 8.66. The molecule has 18 heavy (non-hydrogen) atoms. The first-order valence-corrected chi connectivity index (χ1v) is 6.91. The van der Waals surface area contributed by atoms with Crippen LogP contribution in [0.1, 0.15) is 24.1 Å². The molecule has 0 saturated heterocycles. The smallest absolute Gasteiger partial charge is 0.0410 e. The number of nitrogens with zero attached hydrogens (tertiary/aromatic N) is 1. The maximum atomic E-state index is 5.99. The van der Waals surface area contributed by atoms with Crippen molar-refractivity contribution in [2.24, 2.45) is 0 Å². The van der Waals surface area contributed by atoms with Crippen molar-refractivity contribution in [1.82, 2.24) is 10.3 Å². The van der Waals surface area contributed by atoms with Gasteiger partial charge < -0.3 is 5.32 Å². The van der Waals surface area contributed by atoms with Crippen LogP contribution in [0.5, 0.6) is 0 Å². The van der Waals surface area contributed by atoms with Crippen molar-refractivity contribution >= 4 is 27.5 Å². The molecule has 0 unspecified atom stereocenters. The van der Waals surface area contributed by atoms with Gasteiger partial charge in [-0.1, -0.05) is 33.6 Å². The fourth-order valence-corrected chi connectivity index (χ4v) is 2.27. The van der Waals surface area contributed by atoms with Crippen LogP contribution in [-0.2, 0) is 6.54 Å². The topological polar surface area (TPSA) is 24.9 Å². The van der Waals surface area contributed by atoms with E-state index in [0.29, 0.717) is 0 Å². The third-order valence-corrected chi connectivity index (χ3v) is 3.80. The van der Waals surface area contributed by atoms with E-state index in [4.69, 9.17) is 11.6 Å². The van der Waals surface area contributed by atoms with Crippen molar-refractivity contribution in [3.05, 3.63) is 63.3 Å². The van der Waals surface area contributed by atoms with E-state index >= 15 is 0 Å². The molecule has 0 aliphatic heterocycles. The second-order valence-corrected chi connectivity index (χ2v) is 5.42. The Balaban J connectivity index is 2.01. The maximum Gasteiger partial charge on any atom is 0.0410 e. The number of benzene rings is 1. The van der Waals surface area contributed by atoms with E-state index in [1.165, 1.54) is 5.56 Å². The van der Waals surface area contributed by atoms with Gasteiger partial charge in [-0.25, -0.2) is 0 Å². The van der Waals surface area contributed by atoms with Gasteiger partial charge in [-0.05, 0) is 42.3 Å². The molecule has 0 saturated carbocycles. The van der Waals surface area contributed by atoms with Crippen LogP contribution in [0.3, 0.4) is 0 Å². The largest absolute Gasteiger partial charge is 0.306 e. The van der Waals surface area contributed by atoms with E-state index in [-0.39, 0.29) is 6.04 Å². The molecule has 0 fully saturated rings. The molecule has 0 amide bonds. The summed E-state index contributed by atoms with van der Waals surface area (Å²) in [4.78, 5) is 4.12. The Morgan fingerprint density at radius 1 is 1.39 bits per heavy atom. The molecule has 4 heteroatoms. The average molecular weight is 326 g/mol. The van der Waals surface area contributed by atoms with Crippen molar-refractivity contribution in [1.29, 1.82) is 0 Å². The summed E-state index contributed by atoms with van der Waals surface area (Å²) in [6, 6.07) is 10.1. The summed E-state index contributed by atoms with van der Waals surface area (Å²) >= 11 is 9.52. The molecule has 2 aromatic rings. The van der Waals surface area contributed by atoms with Crippen molar-refractivity contribution < 1.29 is 0 Å². The van der Waals surface area contributed by atoms with Crippen molar-refractivity contribution in [2.75, 3.05) is 0 Å². The van der Waals surface area contributed by atoms with Gasteiger partial charge in [-0.15, -0.1) is 0 Å². The zero-order chi connectivity index (χ0) is 13.0. The Morgan fingerprint density at radius 2 is 2.22 bits per heavy atom. The summed E-state index contributed by atoms with van der Waals surface area (Å²) in [6.07, 6.45) is 3.66. The van der Waals surface area contributed by atoms with E-state index in [0.717, 1.165) is 21.6 Å². The molecule has 0 bridgehead atoms. The molecule has 0 aliphatic carbocycles. The van der Waals surface area contributed by atoms with Crippen molar-refractivity contribution in [3.63, 3.8) is 0 Å². The average Bonchev–Trinajstić information content (AvgIpc) is 2.40. The Hall–Kier alpha value is -0.900.